The fourth-order valence-electron chi connectivity index (χ4n) is 4.42. The number of carboxylic acids is 1. The predicted octanol–water partition coefficient (Wildman–Crippen LogP) is 4.32. The molecule has 2 aliphatic heterocycles. The van der Waals surface area contributed by atoms with Crippen LogP contribution in [0, 0.1) is 0 Å². The third kappa shape index (κ3) is 4.61. The fourth-order valence-corrected chi connectivity index (χ4v) is 5.90. The lowest BCUT2D eigenvalue weighted by molar-refractivity contribution is -0.137. The molecule has 0 aromatic heterocycles. The van der Waals surface area contributed by atoms with Gasteiger partial charge in [0.25, 0.3) is 0 Å². The summed E-state index contributed by atoms with van der Waals surface area (Å²) < 4.78 is 0. The van der Waals surface area contributed by atoms with E-state index in [1.807, 2.05) is 65.6 Å². The first-order chi connectivity index (χ1) is 15.1. The lowest BCUT2D eigenvalue weighted by atomic mass is 9.99. The molecule has 2 fully saturated rings. The van der Waals surface area contributed by atoms with Gasteiger partial charge in [-0.25, -0.2) is 4.79 Å². The summed E-state index contributed by atoms with van der Waals surface area (Å²) in [5.41, 5.74) is 2.06. The number of aliphatic carboxylic acids is 1. The summed E-state index contributed by atoms with van der Waals surface area (Å²) in [5.74, 6) is -0.114. The second-order valence-electron chi connectivity index (χ2n) is 7.98. The molecule has 31 heavy (non-hydrogen) atoms. The molecule has 2 aliphatic rings. The molecule has 3 atom stereocenters. The van der Waals surface area contributed by atoms with Crippen molar-refractivity contribution in [3.05, 3.63) is 71.8 Å². The summed E-state index contributed by atoms with van der Waals surface area (Å²) in [6.07, 6.45) is 1.35. The van der Waals surface area contributed by atoms with E-state index in [0.29, 0.717) is 31.6 Å². The van der Waals surface area contributed by atoms with Gasteiger partial charge in [-0.2, -0.15) is 0 Å². The number of amides is 2. The van der Waals surface area contributed by atoms with E-state index >= 15 is 0 Å². The molecule has 0 radical (unpaired) electrons. The van der Waals surface area contributed by atoms with Crippen LogP contribution >= 0.6 is 11.8 Å². The van der Waals surface area contributed by atoms with Gasteiger partial charge in [0.05, 0.1) is 6.04 Å². The van der Waals surface area contributed by atoms with Crippen LogP contribution in [0.2, 0.25) is 0 Å². The van der Waals surface area contributed by atoms with Crippen molar-refractivity contribution in [2.45, 2.75) is 49.7 Å². The number of unbranched alkanes of at least 4 members (excludes halogenated alkanes) is 1. The number of urea groups is 1. The van der Waals surface area contributed by atoms with E-state index in [9.17, 15) is 14.4 Å². The Morgan fingerprint density at radius 3 is 2.29 bits per heavy atom. The fraction of sp³-hybridized carbons (Fsp3) is 0.375. The molecule has 0 saturated carbocycles. The molecular formula is C24H26N2O4S. The van der Waals surface area contributed by atoms with Crippen LogP contribution in [0.15, 0.2) is 60.7 Å². The van der Waals surface area contributed by atoms with Crippen LogP contribution in [0.4, 0.5) is 4.79 Å². The van der Waals surface area contributed by atoms with Crippen molar-refractivity contribution < 1.29 is 19.5 Å². The van der Waals surface area contributed by atoms with Crippen molar-refractivity contribution in [3.63, 3.8) is 0 Å². The molecule has 2 amide bonds. The minimum Gasteiger partial charge on any atom is -0.481 e. The van der Waals surface area contributed by atoms with E-state index in [1.165, 1.54) is 0 Å². The van der Waals surface area contributed by atoms with Gasteiger partial charge >= 0.3 is 12.0 Å². The van der Waals surface area contributed by atoms with E-state index in [0.717, 1.165) is 11.1 Å². The van der Waals surface area contributed by atoms with Crippen LogP contribution in [0.5, 0.6) is 0 Å². The zero-order valence-electron chi connectivity index (χ0n) is 17.2. The predicted molar refractivity (Wildman–Crippen MR) is 120 cm³/mol. The maximum absolute atomic E-state index is 13.5. The Balaban J connectivity index is 1.56. The minimum atomic E-state index is -0.849. The molecular weight excluding hydrogens is 412 g/mol. The summed E-state index contributed by atoms with van der Waals surface area (Å²) >= 11 is 1.70. The summed E-state index contributed by atoms with van der Waals surface area (Å²) in [6, 6.07) is 18.9. The Bertz CT molecular complexity index is 937. The molecule has 0 spiro atoms. The molecule has 7 heteroatoms. The topological polar surface area (TPSA) is 77.9 Å². The first-order valence-corrected chi connectivity index (χ1v) is 11.6. The number of hydrogen-bond acceptors (Lipinski definition) is 4. The SMILES string of the molecule is O=C(O)CCCCC(=O)C1[C@@H]2CS[C@@H](c3ccccc3)N2C(=O)N1Cc1ccccc1. The molecule has 2 saturated heterocycles. The molecule has 4 rings (SSSR count). The number of benzene rings is 2. The molecule has 1 N–H and O–H groups in total. The highest BCUT2D eigenvalue weighted by Gasteiger charge is 2.54. The van der Waals surface area contributed by atoms with Crippen molar-refractivity contribution in [2.24, 2.45) is 0 Å². The van der Waals surface area contributed by atoms with Crippen molar-refractivity contribution in [1.82, 2.24) is 9.80 Å². The largest absolute Gasteiger partial charge is 0.481 e. The molecule has 2 heterocycles. The lowest BCUT2D eigenvalue weighted by Gasteiger charge is -2.25. The second kappa shape index (κ2) is 9.56. The number of hydrogen-bond donors (Lipinski definition) is 1. The minimum absolute atomic E-state index is 0.0245. The van der Waals surface area contributed by atoms with Gasteiger partial charge in [-0.15, -0.1) is 11.8 Å². The Morgan fingerprint density at radius 1 is 0.968 bits per heavy atom. The first kappa shape index (κ1) is 21.4. The van der Waals surface area contributed by atoms with E-state index < -0.39 is 12.0 Å². The van der Waals surface area contributed by atoms with Crippen molar-refractivity contribution >= 4 is 29.5 Å². The van der Waals surface area contributed by atoms with Crippen molar-refractivity contribution in [1.29, 1.82) is 0 Å². The Morgan fingerprint density at radius 2 is 1.61 bits per heavy atom. The average Bonchev–Trinajstić information content (AvgIpc) is 3.32. The van der Waals surface area contributed by atoms with Gasteiger partial charge in [-0.1, -0.05) is 60.7 Å². The molecule has 2 aromatic rings. The van der Waals surface area contributed by atoms with Crippen LogP contribution in [0.1, 0.15) is 42.2 Å². The number of carbonyl (C=O) groups is 3. The zero-order chi connectivity index (χ0) is 21.8. The van der Waals surface area contributed by atoms with Gasteiger partial charge in [0.2, 0.25) is 0 Å². The third-order valence-corrected chi connectivity index (χ3v) is 7.22. The van der Waals surface area contributed by atoms with Gasteiger partial charge in [-0.05, 0) is 24.0 Å². The van der Waals surface area contributed by atoms with Crippen LogP contribution in [0.3, 0.4) is 0 Å². The number of carbonyl (C=O) groups excluding carboxylic acids is 2. The Kier molecular flexibility index (Phi) is 6.61. The van der Waals surface area contributed by atoms with E-state index in [2.05, 4.69) is 0 Å². The number of carboxylic acid groups (broad SMARTS) is 1. The highest BCUT2D eigenvalue weighted by molar-refractivity contribution is 7.99. The summed E-state index contributed by atoms with van der Waals surface area (Å²) in [6.45, 7) is 0.393. The highest BCUT2D eigenvalue weighted by Crippen LogP contribution is 2.47. The number of thioether (sulfide) groups is 1. The van der Waals surface area contributed by atoms with Gasteiger partial charge < -0.3 is 14.9 Å². The molecule has 0 aliphatic carbocycles. The quantitative estimate of drug-likeness (QED) is 0.590. The number of rotatable bonds is 9. The Labute approximate surface area is 186 Å². The van der Waals surface area contributed by atoms with Gasteiger partial charge in [0.1, 0.15) is 11.4 Å². The van der Waals surface area contributed by atoms with Crippen LogP contribution in [-0.4, -0.2) is 50.5 Å². The van der Waals surface area contributed by atoms with Crippen LogP contribution in [0.25, 0.3) is 0 Å². The third-order valence-electron chi connectivity index (χ3n) is 5.88. The maximum Gasteiger partial charge on any atom is 0.322 e. The van der Waals surface area contributed by atoms with Crippen molar-refractivity contribution in [3.8, 4) is 0 Å². The summed E-state index contributed by atoms with van der Waals surface area (Å²) in [4.78, 5) is 41.1. The Hall–Kier alpha value is -2.80. The van der Waals surface area contributed by atoms with Crippen molar-refractivity contribution in [2.75, 3.05) is 5.75 Å². The molecule has 1 unspecified atom stereocenters. The maximum atomic E-state index is 13.5. The monoisotopic (exact) mass is 438 g/mol. The highest BCUT2D eigenvalue weighted by atomic mass is 32.2. The summed E-state index contributed by atoms with van der Waals surface area (Å²) in [5, 5.41) is 8.75. The molecule has 6 nitrogen and oxygen atoms in total. The average molecular weight is 439 g/mol. The lowest BCUT2D eigenvalue weighted by Crippen LogP contribution is -2.43. The van der Waals surface area contributed by atoms with E-state index in [1.54, 1.807) is 16.7 Å². The van der Waals surface area contributed by atoms with E-state index in [4.69, 9.17) is 5.11 Å². The van der Waals surface area contributed by atoms with E-state index in [-0.39, 0.29) is 29.7 Å². The zero-order valence-corrected chi connectivity index (χ0v) is 18.0. The first-order valence-electron chi connectivity index (χ1n) is 10.6. The smallest absolute Gasteiger partial charge is 0.322 e. The second-order valence-corrected chi connectivity index (χ2v) is 9.09. The van der Waals surface area contributed by atoms with Gasteiger partial charge in [-0.3, -0.25) is 9.59 Å². The molecule has 2 aromatic carbocycles. The molecule has 162 valence electrons. The number of ketones is 1. The van der Waals surface area contributed by atoms with Gasteiger partial charge in [0.15, 0.2) is 5.78 Å². The normalized spacial score (nSPS) is 22.6. The van der Waals surface area contributed by atoms with Crippen LogP contribution < -0.4 is 0 Å². The number of Topliss-reactive ketones (excluding diaryl/α,β-unsaturated/α-hetero) is 1. The standard InChI is InChI=1S/C24H26N2O4S/c27-20(13-7-8-14-21(28)29)22-19-16-31-23(18-11-5-2-6-12-18)26(19)24(30)25(22)15-17-9-3-1-4-10-17/h1-6,9-12,19,22-23H,7-8,13-16H2,(H,28,29)/t19-,22?,23-/m0/s1. The number of fused-ring (bicyclic) bond motifs is 1. The summed E-state index contributed by atoms with van der Waals surface area (Å²) in [7, 11) is 0. The van der Waals surface area contributed by atoms with Crippen LogP contribution in [-0.2, 0) is 16.1 Å². The van der Waals surface area contributed by atoms with Gasteiger partial charge in [0, 0.05) is 25.1 Å². The number of nitrogens with zero attached hydrogens (tertiary/aromatic N) is 2. The molecule has 0 bridgehead atoms.